The summed E-state index contributed by atoms with van der Waals surface area (Å²) >= 11 is 0. The first kappa shape index (κ1) is 21.0. The molecule has 0 aromatic heterocycles. The first-order chi connectivity index (χ1) is 14.2. The van der Waals surface area contributed by atoms with Gasteiger partial charge in [-0.15, -0.1) is 0 Å². The number of nitrogens with zero attached hydrogens (tertiary/aromatic N) is 1. The maximum absolute atomic E-state index is 12.9. The van der Waals surface area contributed by atoms with Gasteiger partial charge in [0.2, 0.25) is 0 Å². The second kappa shape index (κ2) is 7.98. The Bertz CT molecular complexity index is 1010. The second-order valence-electron chi connectivity index (χ2n) is 7.70. The normalized spacial score (nSPS) is 13.9. The van der Waals surface area contributed by atoms with E-state index in [4.69, 9.17) is 0 Å². The minimum atomic E-state index is -0.848. The molecule has 156 valence electrons. The summed E-state index contributed by atoms with van der Waals surface area (Å²) in [5.74, 6) is -2.39. The number of nitrogens with one attached hydrogen (secondary N) is 3. The zero-order chi connectivity index (χ0) is 22.1. The van der Waals surface area contributed by atoms with Gasteiger partial charge in [0.15, 0.2) is 0 Å². The molecule has 1 aliphatic rings. The molecular formula is C22H24N4O4. The van der Waals surface area contributed by atoms with Crippen LogP contribution in [0.2, 0.25) is 0 Å². The Morgan fingerprint density at radius 2 is 1.47 bits per heavy atom. The Labute approximate surface area is 174 Å². The van der Waals surface area contributed by atoms with Gasteiger partial charge in [-0.3, -0.25) is 19.2 Å². The Kier molecular flexibility index (Phi) is 5.60. The topological polar surface area (TPSA) is 108 Å². The molecule has 2 aromatic carbocycles. The zero-order valence-electron chi connectivity index (χ0n) is 17.3. The fraction of sp³-hybridized carbons (Fsp3) is 0.273. The van der Waals surface area contributed by atoms with Crippen LogP contribution in [0, 0.1) is 0 Å². The molecule has 0 spiro atoms. The predicted molar refractivity (Wildman–Crippen MR) is 114 cm³/mol. The smallest absolute Gasteiger partial charge is 0.316 e. The van der Waals surface area contributed by atoms with Crippen molar-refractivity contribution in [3.63, 3.8) is 0 Å². The van der Waals surface area contributed by atoms with Gasteiger partial charge in [-0.05, 0) is 29.8 Å². The van der Waals surface area contributed by atoms with Crippen molar-refractivity contribution in [3.05, 3.63) is 59.2 Å². The third kappa shape index (κ3) is 3.89. The van der Waals surface area contributed by atoms with Crippen LogP contribution in [0.5, 0.6) is 0 Å². The zero-order valence-corrected chi connectivity index (χ0v) is 17.3. The number of hydrogen-bond acceptors (Lipinski definition) is 4. The van der Waals surface area contributed by atoms with Crippen LogP contribution in [-0.2, 0) is 15.0 Å². The van der Waals surface area contributed by atoms with E-state index in [2.05, 4.69) is 16.0 Å². The van der Waals surface area contributed by atoms with Gasteiger partial charge < -0.3 is 20.9 Å². The van der Waals surface area contributed by atoms with Gasteiger partial charge >= 0.3 is 11.8 Å². The molecule has 1 heterocycles. The highest BCUT2D eigenvalue weighted by Gasteiger charge is 2.39. The average Bonchev–Trinajstić information content (AvgIpc) is 3.02. The molecule has 30 heavy (non-hydrogen) atoms. The van der Waals surface area contributed by atoms with Crippen LogP contribution in [0.3, 0.4) is 0 Å². The van der Waals surface area contributed by atoms with Crippen LogP contribution in [-0.4, -0.2) is 44.3 Å². The molecule has 0 saturated carbocycles. The van der Waals surface area contributed by atoms with Gasteiger partial charge in [-0.25, -0.2) is 0 Å². The van der Waals surface area contributed by atoms with Crippen LogP contribution < -0.4 is 20.9 Å². The minimum Gasteiger partial charge on any atom is -0.355 e. The molecule has 0 radical (unpaired) electrons. The molecule has 2 aromatic rings. The molecule has 1 aliphatic heterocycles. The van der Waals surface area contributed by atoms with Crippen molar-refractivity contribution >= 4 is 35.0 Å². The fourth-order valence-corrected chi connectivity index (χ4v) is 3.59. The summed E-state index contributed by atoms with van der Waals surface area (Å²) in [4.78, 5) is 51.1. The molecule has 0 atom stereocenters. The first-order valence-electron chi connectivity index (χ1n) is 9.49. The summed E-state index contributed by atoms with van der Waals surface area (Å²) in [6.07, 6.45) is 0. The van der Waals surface area contributed by atoms with E-state index >= 15 is 0 Å². The van der Waals surface area contributed by atoms with Crippen molar-refractivity contribution in [2.24, 2.45) is 0 Å². The number of anilines is 2. The van der Waals surface area contributed by atoms with Crippen molar-refractivity contribution in [2.75, 3.05) is 30.9 Å². The SMILES string of the molecule is CNC(=O)c1cc(NC(=O)C(=O)N2CC(C)(C)c3ccccc32)cc(C(=O)NC)c1. The summed E-state index contributed by atoms with van der Waals surface area (Å²) in [5.41, 5.74) is 1.98. The van der Waals surface area contributed by atoms with Gasteiger partial charge in [-0.2, -0.15) is 0 Å². The van der Waals surface area contributed by atoms with Crippen LogP contribution in [0.4, 0.5) is 11.4 Å². The van der Waals surface area contributed by atoms with E-state index in [9.17, 15) is 19.2 Å². The van der Waals surface area contributed by atoms with Gasteiger partial charge in [0.05, 0.1) is 0 Å². The quantitative estimate of drug-likeness (QED) is 0.672. The van der Waals surface area contributed by atoms with Crippen LogP contribution in [0.25, 0.3) is 0 Å². The van der Waals surface area contributed by atoms with Crippen molar-refractivity contribution in [1.82, 2.24) is 10.6 Å². The third-order valence-electron chi connectivity index (χ3n) is 5.09. The lowest BCUT2D eigenvalue weighted by atomic mass is 9.87. The second-order valence-corrected chi connectivity index (χ2v) is 7.70. The standard InChI is InChI=1S/C22H24N4O4/c1-22(2)12-26(17-8-6-5-7-16(17)22)21(30)20(29)25-15-10-13(18(27)23-3)9-14(11-15)19(28)24-4/h5-11H,12H2,1-4H3,(H,23,27)(H,24,28)(H,25,29). The van der Waals surface area contributed by atoms with Crippen molar-refractivity contribution in [2.45, 2.75) is 19.3 Å². The molecular weight excluding hydrogens is 384 g/mol. The number of carbonyl (C=O) groups excluding carboxylic acids is 4. The lowest BCUT2D eigenvalue weighted by Crippen LogP contribution is -2.41. The van der Waals surface area contributed by atoms with Gasteiger partial charge in [0.1, 0.15) is 0 Å². The first-order valence-corrected chi connectivity index (χ1v) is 9.49. The van der Waals surface area contributed by atoms with Gasteiger partial charge in [-0.1, -0.05) is 32.0 Å². The van der Waals surface area contributed by atoms with Crippen LogP contribution in [0.15, 0.2) is 42.5 Å². The number of fused-ring (bicyclic) bond motifs is 1. The largest absolute Gasteiger partial charge is 0.355 e. The molecule has 0 saturated heterocycles. The van der Waals surface area contributed by atoms with E-state index < -0.39 is 23.6 Å². The van der Waals surface area contributed by atoms with Crippen LogP contribution in [0.1, 0.15) is 40.1 Å². The van der Waals surface area contributed by atoms with Gasteiger partial charge in [0, 0.05) is 48.6 Å². The van der Waals surface area contributed by atoms with E-state index in [1.54, 1.807) is 0 Å². The Morgan fingerprint density at radius 3 is 2.03 bits per heavy atom. The molecule has 0 bridgehead atoms. The summed E-state index contributed by atoms with van der Waals surface area (Å²) in [6, 6.07) is 11.7. The van der Waals surface area contributed by atoms with Crippen molar-refractivity contribution < 1.29 is 19.2 Å². The molecule has 3 rings (SSSR count). The monoisotopic (exact) mass is 408 g/mol. The molecule has 0 aliphatic carbocycles. The third-order valence-corrected chi connectivity index (χ3v) is 5.09. The maximum Gasteiger partial charge on any atom is 0.316 e. The van der Waals surface area contributed by atoms with E-state index in [1.165, 1.54) is 37.2 Å². The fourth-order valence-electron chi connectivity index (χ4n) is 3.59. The van der Waals surface area contributed by atoms with Crippen molar-refractivity contribution in [1.29, 1.82) is 0 Å². The molecule has 8 heteroatoms. The maximum atomic E-state index is 12.9. The van der Waals surface area contributed by atoms with E-state index in [0.29, 0.717) is 12.2 Å². The summed E-state index contributed by atoms with van der Waals surface area (Å²) < 4.78 is 0. The Morgan fingerprint density at radius 1 is 0.900 bits per heavy atom. The van der Waals surface area contributed by atoms with E-state index in [0.717, 1.165) is 5.56 Å². The van der Waals surface area contributed by atoms with Crippen LogP contribution >= 0.6 is 0 Å². The highest BCUT2D eigenvalue weighted by Crippen LogP contribution is 2.40. The van der Waals surface area contributed by atoms with Gasteiger partial charge in [0.25, 0.3) is 11.8 Å². The summed E-state index contributed by atoms with van der Waals surface area (Å²) in [5, 5.41) is 7.48. The molecule has 0 fully saturated rings. The molecule has 3 N–H and O–H groups in total. The predicted octanol–water partition coefficient (Wildman–Crippen LogP) is 1.67. The Hall–Kier alpha value is -3.68. The highest BCUT2D eigenvalue weighted by molar-refractivity contribution is 6.44. The number of hydrogen-bond donors (Lipinski definition) is 3. The summed E-state index contributed by atoms with van der Waals surface area (Å²) in [6.45, 7) is 4.40. The number of rotatable bonds is 3. The summed E-state index contributed by atoms with van der Waals surface area (Å²) in [7, 11) is 2.92. The molecule has 0 unspecified atom stereocenters. The number of para-hydroxylation sites is 1. The number of benzene rings is 2. The molecule has 8 nitrogen and oxygen atoms in total. The Balaban J connectivity index is 1.88. The number of amides is 4. The molecule has 4 amide bonds. The van der Waals surface area contributed by atoms with E-state index in [1.807, 2.05) is 38.1 Å². The highest BCUT2D eigenvalue weighted by atomic mass is 16.2. The van der Waals surface area contributed by atoms with Crippen molar-refractivity contribution in [3.8, 4) is 0 Å². The lowest BCUT2D eigenvalue weighted by Gasteiger charge is -2.20. The lowest BCUT2D eigenvalue weighted by molar-refractivity contribution is -0.134. The minimum absolute atomic E-state index is 0.180. The van der Waals surface area contributed by atoms with E-state index in [-0.39, 0.29) is 22.2 Å². The average molecular weight is 408 g/mol. The number of carbonyl (C=O) groups is 4.